The quantitative estimate of drug-likeness (QED) is 0.931. The number of benzene rings is 1. The van der Waals surface area contributed by atoms with Crippen molar-refractivity contribution in [2.75, 3.05) is 11.1 Å². The second kappa shape index (κ2) is 5.27. The van der Waals surface area contributed by atoms with Crippen molar-refractivity contribution < 1.29 is 17.6 Å². The van der Waals surface area contributed by atoms with Gasteiger partial charge in [0.2, 0.25) is 0 Å². The van der Waals surface area contributed by atoms with Crippen LogP contribution in [-0.4, -0.2) is 20.1 Å². The Morgan fingerprint density at radius 1 is 1.21 bits per heavy atom. The van der Waals surface area contributed by atoms with Gasteiger partial charge in [0.1, 0.15) is 6.26 Å². The summed E-state index contributed by atoms with van der Waals surface area (Å²) >= 11 is 0. The largest absolute Gasteiger partial charge is 0.472 e. The summed E-state index contributed by atoms with van der Waals surface area (Å²) in [7, 11) is -3.21. The highest BCUT2D eigenvalue weighted by atomic mass is 32.2. The maximum atomic E-state index is 11.7. The fourth-order valence-corrected chi connectivity index (χ4v) is 2.39. The lowest BCUT2D eigenvalue weighted by Gasteiger charge is -2.05. The third-order valence-electron chi connectivity index (χ3n) is 2.63. The molecule has 0 fully saturated rings. The number of hydrogen-bond acceptors (Lipinski definition) is 4. The van der Waals surface area contributed by atoms with Crippen LogP contribution in [0.1, 0.15) is 17.3 Å². The van der Waals surface area contributed by atoms with Gasteiger partial charge in [-0.1, -0.05) is 6.92 Å². The third-order valence-corrected chi connectivity index (χ3v) is 4.39. The Labute approximate surface area is 111 Å². The van der Waals surface area contributed by atoms with E-state index >= 15 is 0 Å². The van der Waals surface area contributed by atoms with Gasteiger partial charge in [-0.3, -0.25) is 4.79 Å². The summed E-state index contributed by atoms with van der Waals surface area (Å²) in [5.41, 5.74) is 0.937. The van der Waals surface area contributed by atoms with E-state index in [9.17, 15) is 13.2 Å². The number of nitrogens with one attached hydrogen (secondary N) is 1. The zero-order chi connectivity index (χ0) is 13.9. The molecular formula is C13H13NO4S. The van der Waals surface area contributed by atoms with Gasteiger partial charge in [-0.2, -0.15) is 0 Å². The lowest BCUT2D eigenvalue weighted by molar-refractivity contribution is 0.102. The topological polar surface area (TPSA) is 76.4 Å². The molecule has 0 spiro atoms. The van der Waals surface area contributed by atoms with Crippen LogP contribution in [-0.2, 0) is 9.84 Å². The van der Waals surface area contributed by atoms with Crippen LogP contribution in [0.15, 0.2) is 52.2 Å². The van der Waals surface area contributed by atoms with Crippen molar-refractivity contribution >= 4 is 21.4 Å². The smallest absolute Gasteiger partial charge is 0.258 e. The number of carbonyl (C=O) groups is 1. The molecule has 1 aromatic heterocycles. The lowest BCUT2D eigenvalue weighted by Crippen LogP contribution is -2.11. The maximum Gasteiger partial charge on any atom is 0.258 e. The Morgan fingerprint density at radius 2 is 1.89 bits per heavy atom. The predicted molar refractivity (Wildman–Crippen MR) is 70.8 cm³/mol. The van der Waals surface area contributed by atoms with Gasteiger partial charge in [0.05, 0.1) is 22.5 Å². The molecule has 0 radical (unpaired) electrons. The number of furan rings is 1. The molecule has 0 aliphatic carbocycles. The average molecular weight is 279 g/mol. The summed E-state index contributed by atoms with van der Waals surface area (Å²) in [5.74, 6) is -0.256. The molecule has 0 aliphatic heterocycles. The number of carbonyl (C=O) groups excluding carboxylic acids is 1. The van der Waals surface area contributed by atoms with Crippen LogP contribution in [0.25, 0.3) is 0 Å². The summed E-state index contributed by atoms with van der Waals surface area (Å²) in [4.78, 5) is 12.0. The number of sulfone groups is 1. The Morgan fingerprint density at radius 3 is 2.42 bits per heavy atom. The molecule has 0 bridgehead atoms. The van der Waals surface area contributed by atoms with Crippen molar-refractivity contribution in [1.82, 2.24) is 0 Å². The molecule has 0 unspecified atom stereocenters. The molecule has 0 saturated carbocycles. The minimum absolute atomic E-state index is 0.0493. The fraction of sp³-hybridized carbons (Fsp3) is 0.154. The normalized spacial score (nSPS) is 11.2. The van der Waals surface area contributed by atoms with E-state index in [2.05, 4.69) is 5.32 Å². The van der Waals surface area contributed by atoms with Crippen molar-refractivity contribution in [3.05, 3.63) is 48.4 Å². The zero-order valence-corrected chi connectivity index (χ0v) is 11.1. The molecule has 1 amide bonds. The van der Waals surface area contributed by atoms with Crippen LogP contribution in [0.2, 0.25) is 0 Å². The van der Waals surface area contributed by atoms with Gasteiger partial charge in [0.25, 0.3) is 5.91 Å². The molecule has 0 aliphatic rings. The van der Waals surface area contributed by atoms with Crippen LogP contribution < -0.4 is 5.32 Å². The highest BCUT2D eigenvalue weighted by molar-refractivity contribution is 7.91. The lowest BCUT2D eigenvalue weighted by atomic mass is 10.3. The summed E-state index contributed by atoms with van der Waals surface area (Å²) < 4.78 is 28.1. The highest BCUT2D eigenvalue weighted by Crippen LogP contribution is 2.16. The summed E-state index contributed by atoms with van der Waals surface area (Å²) in [6.07, 6.45) is 2.75. The van der Waals surface area contributed by atoms with E-state index < -0.39 is 9.84 Å². The Hall–Kier alpha value is -2.08. The first-order valence-corrected chi connectivity index (χ1v) is 7.34. The van der Waals surface area contributed by atoms with Crippen LogP contribution >= 0.6 is 0 Å². The first-order chi connectivity index (χ1) is 9.03. The second-order valence-corrected chi connectivity index (χ2v) is 6.17. The molecule has 1 N–H and O–H groups in total. The summed E-state index contributed by atoms with van der Waals surface area (Å²) in [6, 6.07) is 7.61. The molecule has 2 aromatic rings. The van der Waals surface area contributed by atoms with Gasteiger partial charge >= 0.3 is 0 Å². The third kappa shape index (κ3) is 3.03. The maximum absolute atomic E-state index is 11.7. The van der Waals surface area contributed by atoms with Crippen molar-refractivity contribution in [2.45, 2.75) is 11.8 Å². The van der Waals surface area contributed by atoms with Crippen LogP contribution in [0, 0.1) is 0 Å². The molecule has 100 valence electrons. The molecule has 0 atom stereocenters. The molecule has 0 saturated heterocycles. The van der Waals surface area contributed by atoms with E-state index in [1.165, 1.54) is 24.7 Å². The minimum atomic E-state index is -3.21. The molecule has 1 heterocycles. The van der Waals surface area contributed by atoms with Crippen LogP contribution in [0.5, 0.6) is 0 Å². The minimum Gasteiger partial charge on any atom is -0.472 e. The Kier molecular flexibility index (Phi) is 3.71. The molecule has 5 nitrogen and oxygen atoms in total. The number of rotatable bonds is 4. The fourth-order valence-electron chi connectivity index (χ4n) is 1.51. The van der Waals surface area contributed by atoms with Crippen molar-refractivity contribution in [3.8, 4) is 0 Å². The van der Waals surface area contributed by atoms with E-state index in [1.54, 1.807) is 25.1 Å². The standard InChI is InChI=1S/C13H13NO4S/c1-2-19(16,17)12-5-3-11(4-6-12)14-13(15)10-7-8-18-9-10/h3-9H,2H2,1H3,(H,14,15). The predicted octanol–water partition coefficient (Wildman–Crippen LogP) is 2.33. The van der Waals surface area contributed by atoms with Crippen molar-refractivity contribution in [3.63, 3.8) is 0 Å². The molecule has 2 rings (SSSR count). The van der Waals surface area contributed by atoms with Gasteiger partial charge < -0.3 is 9.73 Å². The van der Waals surface area contributed by atoms with E-state index in [1.807, 2.05) is 0 Å². The first-order valence-electron chi connectivity index (χ1n) is 5.69. The van der Waals surface area contributed by atoms with E-state index in [0.717, 1.165) is 0 Å². The number of hydrogen-bond donors (Lipinski definition) is 1. The average Bonchev–Trinajstić information content (AvgIpc) is 2.93. The van der Waals surface area contributed by atoms with Gasteiger partial charge in [-0.25, -0.2) is 8.42 Å². The monoisotopic (exact) mass is 279 g/mol. The molecule has 6 heteroatoms. The number of anilines is 1. The Balaban J connectivity index is 2.14. The zero-order valence-electron chi connectivity index (χ0n) is 10.3. The van der Waals surface area contributed by atoms with E-state index in [0.29, 0.717) is 11.3 Å². The summed E-state index contributed by atoms with van der Waals surface area (Å²) in [5, 5.41) is 2.65. The van der Waals surface area contributed by atoms with E-state index in [-0.39, 0.29) is 16.6 Å². The van der Waals surface area contributed by atoms with Gasteiger partial charge in [0, 0.05) is 5.69 Å². The van der Waals surface area contributed by atoms with Gasteiger partial charge in [-0.05, 0) is 30.3 Å². The van der Waals surface area contributed by atoms with Gasteiger partial charge in [-0.15, -0.1) is 0 Å². The van der Waals surface area contributed by atoms with Crippen molar-refractivity contribution in [2.24, 2.45) is 0 Å². The highest BCUT2D eigenvalue weighted by Gasteiger charge is 2.12. The first kappa shape index (κ1) is 13.4. The SMILES string of the molecule is CCS(=O)(=O)c1ccc(NC(=O)c2ccoc2)cc1. The van der Waals surface area contributed by atoms with Crippen molar-refractivity contribution in [1.29, 1.82) is 0 Å². The summed E-state index contributed by atoms with van der Waals surface area (Å²) in [6.45, 7) is 1.59. The Bertz CT molecular complexity index is 657. The molecule has 1 aromatic carbocycles. The van der Waals surface area contributed by atoms with Gasteiger partial charge in [0.15, 0.2) is 9.84 Å². The molecule has 19 heavy (non-hydrogen) atoms. The van der Waals surface area contributed by atoms with E-state index in [4.69, 9.17) is 4.42 Å². The van der Waals surface area contributed by atoms with Crippen LogP contribution in [0.4, 0.5) is 5.69 Å². The van der Waals surface area contributed by atoms with Crippen LogP contribution in [0.3, 0.4) is 0 Å². The second-order valence-electron chi connectivity index (χ2n) is 3.89. The molecular weight excluding hydrogens is 266 g/mol. The number of amides is 1.